The Morgan fingerprint density at radius 2 is 1.50 bits per heavy atom. The standard InChI is InChI=1S/C25H29BBrO3P3S/c26-18-4-1-15(2-5-18)16-3-10-21(22(31)11-16)17-12-23(32)25(24(33)13-17)30-14-34(28,29)20-8-6-19(27)7-9-20/h3,6-13,15,18H,1-2,4-5,14,26,31-33H2. The molecule has 0 spiro atoms. The lowest BCUT2D eigenvalue weighted by Crippen LogP contribution is -2.19. The SMILES string of the molecule is BC1CCC(c2ccc(-c3cc(P)c(OCS(=O)(=O)c4ccc(Br)cc4)c(P)c3)c(P)c2)CC1. The fourth-order valence-corrected chi connectivity index (χ4v) is 7.24. The highest BCUT2D eigenvalue weighted by molar-refractivity contribution is 9.10. The Labute approximate surface area is 219 Å². The van der Waals surface area contributed by atoms with Crippen LogP contribution in [0.3, 0.4) is 0 Å². The maximum atomic E-state index is 12.7. The van der Waals surface area contributed by atoms with E-state index in [0.717, 1.165) is 32.0 Å². The molecule has 3 unspecified atom stereocenters. The van der Waals surface area contributed by atoms with Crippen molar-refractivity contribution < 1.29 is 13.2 Å². The van der Waals surface area contributed by atoms with Gasteiger partial charge in [-0.15, -0.1) is 27.7 Å². The van der Waals surface area contributed by atoms with E-state index < -0.39 is 15.8 Å². The number of hydrogen-bond donors (Lipinski definition) is 0. The number of hydrogen-bond acceptors (Lipinski definition) is 3. The van der Waals surface area contributed by atoms with Crippen molar-refractivity contribution in [2.75, 3.05) is 5.94 Å². The first-order valence-corrected chi connectivity index (χ1v) is 15.5. The summed E-state index contributed by atoms with van der Waals surface area (Å²) in [5, 5.41) is 2.82. The predicted molar refractivity (Wildman–Crippen MR) is 160 cm³/mol. The number of rotatable bonds is 6. The molecule has 0 aliphatic heterocycles. The van der Waals surface area contributed by atoms with Gasteiger partial charge in [-0.2, -0.15) is 0 Å². The largest absolute Gasteiger partial charge is 0.476 e. The van der Waals surface area contributed by atoms with E-state index >= 15 is 0 Å². The molecule has 0 radical (unpaired) electrons. The molecular weight excluding hydrogens is 564 g/mol. The molecule has 4 rings (SSSR count). The first kappa shape index (κ1) is 26.3. The molecule has 34 heavy (non-hydrogen) atoms. The summed E-state index contributed by atoms with van der Waals surface area (Å²) in [5.74, 6) is 1.64. The van der Waals surface area contributed by atoms with Crippen molar-refractivity contribution in [3.8, 4) is 16.9 Å². The van der Waals surface area contributed by atoms with Gasteiger partial charge in [0.05, 0.1) is 4.90 Å². The summed E-state index contributed by atoms with van der Waals surface area (Å²) in [6, 6.07) is 17.4. The zero-order chi connectivity index (χ0) is 24.5. The van der Waals surface area contributed by atoms with Crippen LogP contribution in [0.4, 0.5) is 0 Å². The third-order valence-electron chi connectivity index (χ3n) is 6.55. The molecule has 178 valence electrons. The molecule has 0 heterocycles. The molecule has 3 aromatic rings. The second-order valence-electron chi connectivity index (χ2n) is 9.12. The van der Waals surface area contributed by atoms with Gasteiger partial charge in [0.2, 0.25) is 9.84 Å². The fraction of sp³-hybridized carbons (Fsp3) is 0.280. The predicted octanol–water partition coefficient (Wildman–Crippen LogP) is 4.51. The van der Waals surface area contributed by atoms with Gasteiger partial charge in [-0.25, -0.2) is 8.42 Å². The highest BCUT2D eigenvalue weighted by atomic mass is 79.9. The van der Waals surface area contributed by atoms with Crippen molar-refractivity contribution >= 4 is 77.2 Å². The molecule has 1 saturated carbocycles. The van der Waals surface area contributed by atoms with Gasteiger partial charge in [0.15, 0.2) is 5.94 Å². The second-order valence-corrected chi connectivity index (χ2v) is 13.8. The van der Waals surface area contributed by atoms with E-state index in [9.17, 15) is 8.42 Å². The summed E-state index contributed by atoms with van der Waals surface area (Å²) >= 11 is 3.33. The van der Waals surface area contributed by atoms with Crippen LogP contribution in [0.2, 0.25) is 5.82 Å². The third kappa shape index (κ3) is 6.14. The number of halogens is 1. The first-order chi connectivity index (χ1) is 16.1. The summed E-state index contributed by atoms with van der Waals surface area (Å²) in [6.07, 6.45) is 5.16. The molecule has 1 fully saturated rings. The second kappa shape index (κ2) is 11.1. The smallest absolute Gasteiger partial charge is 0.213 e. The number of ether oxygens (including phenoxy) is 1. The van der Waals surface area contributed by atoms with E-state index in [1.54, 1.807) is 24.3 Å². The minimum atomic E-state index is -3.56. The first-order valence-electron chi connectivity index (χ1n) is 11.3. The van der Waals surface area contributed by atoms with Crippen molar-refractivity contribution in [2.24, 2.45) is 0 Å². The summed E-state index contributed by atoms with van der Waals surface area (Å²) in [5.41, 5.74) is 3.65. The van der Waals surface area contributed by atoms with Gasteiger partial charge >= 0.3 is 0 Å². The number of sulfone groups is 1. The molecule has 9 heteroatoms. The Morgan fingerprint density at radius 1 is 0.882 bits per heavy atom. The monoisotopic (exact) mass is 592 g/mol. The molecule has 0 amide bonds. The van der Waals surface area contributed by atoms with Gasteiger partial charge in [-0.3, -0.25) is 0 Å². The van der Waals surface area contributed by atoms with Crippen LogP contribution >= 0.6 is 43.6 Å². The van der Waals surface area contributed by atoms with Gasteiger partial charge in [-0.1, -0.05) is 52.8 Å². The van der Waals surface area contributed by atoms with E-state index in [-0.39, 0.29) is 4.90 Å². The van der Waals surface area contributed by atoms with Crippen molar-refractivity contribution in [3.05, 3.63) is 64.6 Å². The lowest BCUT2D eigenvalue weighted by molar-refractivity contribution is 0.383. The lowest BCUT2D eigenvalue weighted by Gasteiger charge is -2.27. The van der Waals surface area contributed by atoms with Crippen LogP contribution in [0.5, 0.6) is 5.75 Å². The Kier molecular flexibility index (Phi) is 8.59. The van der Waals surface area contributed by atoms with Crippen LogP contribution in [0.25, 0.3) is 11.1 Å². The summed E-state index contributed by atoms with van der Waals surface area (Å²) in [4.78, 5) is 0.239. The molecule has 1 aliphatic carbocycles. The molecule has 1 aliphatic rings. The molecule has 0 aromatic heterocycles. The minimum Gasteiger partial charge on any atom is -0.476 e. The van der Waals surface area contributed by atoms with Gasteiger partial charge in [0.25, 0.3) is 0 Å². The quantitative estimate of drug-likeness (QED) is 0.313. The lowest BCUT2D eigenvalue weighted by atomic mass is 9.70. The van der Waals surface area contributed by atoms with Gasteiger partial charge < -0.3 is 4.74 Å². The van der Waals surface area contributed by atoms with Crippen LogP contribution < -0.4 is 20.7 Å². The highest BCUT2D eigenvalue weighted by Crippen LogP contribution is 2.37. The van der Waals surface area contributed by atoms with E-state index in [4.69, 9.17) is 4.74 Å². The van der Waals surface area contributed by atoms with Crippen molar-refractivity contribution in [2.45, 2.75) is 42.3 Å². The maximum absolute atomic E-state index is 12.7. The van der Waals surface area contributed by atoms with E-state index in [1.165, 1.54) is 36.6 Å². The Morgan fingerprint density at radius 3 is 2.09 bits per heavy atom. The summed E-state index contributed by atoms with van der Waals surface area (Å²) in [7, 11) is 7.05. The average Bonchev–Trinajstić information content (AvgIpc) is 2.79. The molecule has 3 aromatic carbocycles. The van der Waals surface area contributed by atoms with Gasteiger partial charge in [0.1, 0.15) is 13.6 Å². The van der Waals surface area contributed by atoms with E-state index in [1.807, 2.05) is 12.1 Å². The van der Waals surface area contributed by atoms with Gasteiger partial charge in [-0.05, 0) is 77.2 Å². The molecule has 0 bridgehead atoms. The van der Waals surface area contributed by atoms with Crippen molar-refractivity contribution in [1.29, 1.82) is 0 Å². The molecule has 0 N–H and O–H groups in total. The molecule has 3 nitrogen and oxygen atoms in total. The molecule has 3 atom stereocenters. The summed E-state index contributed by atoms with van der Waals surface area (Å²) < 4.78 is 32.0. The average molecular weight is 593 g/mol. The zero-order valence-corrected chi connectivity index (χ0v) is 25.0. The van der Waals surface area contributed by atoms with Gasteiger partial charge in [0, 0.05) is 15.1 Å². The van der Waals surface area contributed by atoms with Crippen molar-refractivity contribution in [3.63, 3.8) is 0 Å². The summed E-state index contributed by atoms with van der Waals surface area (Å²) in [6.45, 7) is 0. The zero-order valence-electron chi connectivity index (χ0n) is 19.1. The highest BCUT2D eigenvalue weighted by Gasteiger charge is 2.21. The normalized spacial score (nSPS) is 18.6. The fourth-order valence-electron chi connectivity index (χ4n) is 4.53. The van der Waals surface area contributed by atoms with E-state index in [0.29, 0.717) is 11.7 Å². The molecular formula is C25H29BBrO3P3S. The van der Waals surface area contributed by atoms with Crippen LogP contribution in [-0.2, 0) is 9.84 Å². The van der Waals surface area contributed by atoms with Crippen molar-refractivity contribution in [1.82, 2.24) is 0 Å². The molecule has 0 saturated heterocycles. The Balaban J connectivity index is 1.53. The maximum Gasteiger partial charge on any atom is 0.213 e. The Hall–Kier alpha value is -0.755. The topological polar surface area (TPSA) is 43.4 Å². The van der Waals surface area contributed by atoms with Crippen LogP contribution in [-0.4, -0.2) is 22.2 Å². The van der Waals surface area contributed by atoms with Crippen LogP contribution in [0.1, 0.15) is 37.2 Å². The minimum absolute atomic E-state index is 0.239. The van der Waals surface area contributed by atoms with E-state index in [2.05, 4.69) is 69.7 Å². The third-order valence-corrected chi connectivity index (χ3v) is 9.83. The van der Waals surface area contributed by atoms with Crippen LogP contribution in [0.15, 0.2) is 64.0 Å². The Bertz CT molecular complexity index is 1270. The number of benzene rings is 3. The van der Waals surface area contributed by atoms with Crippen LogP contribution in [0, 0.1) is 0 Å².